The number of nitrogens with zero attached hydrogens (tertiary/aromatic N) is 3. The number of carbonyl (C=O) groups excluding carboxylic acids is 1. The summed E-state index contributed by atoms with van der Waals surface area (Å²) in [6, 6.07) is 4.75. The third-order valence-electron chi connectivity index (χ3n) is 5.06. The SMILES string of the molecule is O=C(NCc1ccc(-n2ccnc2)c(F)c1)N1CCOC2(CCCOC2)C1. The smallest absolute Gasteiger partial charge is 0.317 e. The molecular weight excluding hydrogens is 351 g/mol. The van der Waals surface area contributed by atoms with Gasteiger partial charge in [0.2, 0.25) is 0 Å². The number of morpholine rings is 1. The minimum absolute atomic E-state index is 0.164. The minimum Gasteiger partial charge on any atom is -0.378 e. The lowest BCUT2D eigenvalue weighted by molar-refractivity contribution is -0.160. The number of halogens is 1. The van der Waals surface area contributed by atoms with E-state index in [4.69, 9.17) is 9.47 Å². The molecule has 2 saturated heterocycles. The van der Waals surface area contributed by atoms with Crippen molar-refractivity contribution in [2.45, 2.75) is 25.0 Å². The van der Waals surface area contributed by atoms with Gasteiger partial charge in [-0.1, -0.05) is 6.07 Å². The van der Waals surface area contributed by atoms with E-state index in [0.717, 1.165) is 19.4 Å². The summed E-state index contributed by atoms with van der Waals surface area (Å²) in [5.74, 6) is -0.357. The Balaban J connectivity index is 1.35. The van der Waals surface area contributed by atoms with Gasteiger partial charge in [-0.2, -0.15) is 0 Å². The molecule has 2 aliphatic heterocycles. The summed E-state index contributed by atoms with van der Waals surface area (Å²) in [6.45, 7) is 3.11. The summed E-state index contributed by atoms with van der Waals surface area (Å²) in [5.41, 5.74) is 0.746. The molecule has 0 radical (unpaired) electrons. The number of amides is 2. The van der Waals surface area contributed by atoms with Gasteiger partial charge in [0.15, 0.2) is 0 Å². The van der Waals surface area contributed by atoms with E-state index in [1.54, 1.807) is 40.3 Å². The van der Waals surface area contributed by atoms with Crippen molar-refractivity contribution in [1.29, 1.82) is 0 Å². The number of benzene rings is 1. The molecule has 4 rings (SSSR count). The molecule has 8 heteroatoms. The summed E-state index contributed by atoms with van der Waals surface area (Å²) in [5, 5.41) is 2.88. The maximum atomic E-state index is 14.3. The second kappa shape index (κ2) is 7.66. The Labute approximate surface area is 157 Å². The van der Waals surface area contributed by atoms with Crippen LogP contribution in [0.5, 0.6) is 0 Å². The third-order valence-corrected chi connectivity index (χ3v) is 5.06. The van der Waals surface area contributed by atoms with E-state index in [1.165, 1.54) is 6.07 Å². The number of imidazole rings is 1. The van der Waals surface area contributed by atoms with Crippen molar-refractivity contribution >= 4 is 6.03 Å². The summed E-state index contributed by atoms with van der Waals surface area (Å²) in [7, 11) is 0. The van der Waals surface area contributed by atoms with Gasteiger partial charge < -0.3 is 24.3 Å². The average Bonchev–Trinajstić information content (AvgIpc) is 3.21. The zero-order valence-corrected chi connectivity index (χ0v) is 15.1. The van der Waals surface area contributed by atoms with E-state index in [-0.39, 0.29) is 24.0 Å². The number of urea groups is 1. The Morgan fingerprint density at radius 2 is 2.30 bits per heavy atom. The van der Waals surface area contributed by atoms with E-state index >= 15 is 0 Å². The van der Waals surface area contributed by atoms with E-state index in [2.05, 4.69) is 10.3 Å². The summed E-state index contributed by atoms with van der Waals surface area (Å²) in [4.78, 5) is 18.2. The number of ether oxygens (including phenoxy) is 2. The summed E-state index contributed by atoms with van der Waals surface area (Å²) in [6.07, 6.45) is 6.67. The predicted molar refractivity (Wildman–Crippen MR) is 96.1 cm³/mol. The van der Waals surface area contributed by atoms with E-state index < -0.39 is 0 Å². The fourth-order valence-electron chi connectivity index (χ4n) is 3.64. The molecule has 1 atom stereocenters. The Hall–Kier alpha value is -2.45. The lowest BCUT2D eigenvalue weighted by Crippen LogP contribution is -2.58. The zero-order chi connectivity index (χ0) is 18.7. The quantitative estimate of drug-likeness (QED) is 0.893. The number of hydrogen-bond acceptors (Lipinski definition) is 4. The molecular formula is C19H23FN4O3. The molecule has 1 spiro atoms. The van der Waals surface area contributed by atoms with Gasteiger partial charge >= 0.3 is 6.03 Å². The predicted octanol–water partition coefficient (Wildman–Crippen LogP) is 2.10. The molecule has 3 heterocycles. The summed E-state index contributed by atoms with van der Waals surface area (Å²) < 4.78 is 27.4. The monoisotopic (exact) mass is 374 g/mol. The van der Waals surface area contributed by atoms with Crippen molar-refractivity contribution < 1.29 is 18.7 Å². The normalized spacial score (nSPS) is 22.8. The maximum absolute atomic E-state index is 14.3. The molecule has 0 saturated carbocycles. The van der Waals surface area contributed by atoms with Crippen LogP contribution in [0.25, 0.3) is 5.69 Å². The first kappa shape index (κ1) is 17.9. The standard InChI is InChI=1S/C19H23FN4O3/c20-16-10-15(2-3-17(16)24-6-5-21-14-24)11-22-18(25)23-7-9-27-19(12-23)4-1-8-26-13-19/h2-3,5-6,10,14H,1,4,7-9,11-13H2,(H,22,25). The molecule has 2 fully saturated rings. The van der Waals surface area contributed by atoms with Crippen molar-refractivity contribution in [2.24, 2.45) is 0 Å². The topological polar surface area (TPSA) is 68.6 Å². The van der Waals surface area contributed by atoms with Crippen LogP contribution in [0.15, 0.2) is 36.9 Å². The second-order valence-corrected chi connectivity index (χ2v) is 7.02. The Morgan fingerprint density at radius 3 is 3.04 bits per heavy atom. The van der Waals surface area contributed by atoms with Crippen LogP contribution in [0.1, 0.15) is 18.4 Å². The molecule has 1 aromatic heterocycles. The van der Waals surface area contributed by atoms with Gasteiger partial charge in [-0.15, -0.1) is 0 Å². The van der Waals surface area contributed by atoms with Crippen LogP contribution in [0, 0.1) is 5.82 Å². The zero-order valence-electron chi connectivity index (χ0n) is 15.1. The first-order valence-corrected chi connectivity index (χ1v) is 9.16. The van der Waals surface area contributed by atoms with Gasteiger partial charge in [-0.05, 0) is 30.5 Å². The van der Waals surface area contributed by atoms with Gasteiger partial charge in [0.25, 0.3) is 0 Å². The molecule has 7 nitrogen and oxygen atoms in total. The Morgan fingerprint density at radius 1 is 1.37 bits per heavy atom. The number of nitrogens with one attached hydrogen (secondary N) is 1. The van der Waals surface area contributed by atoms with Crippen LogP contribution >= 0.6 is 0 Å². The number of hydrogen-bond donors (Lipinski definition) is 1. The van der Waals surface area contributed by atoms with Gasteiger partial charge in [0.1, 0.15) is 11.4 Å². The average molecular weight is 374 g/mol. The van der Waals surface area contributed by atoms with Gasteiger partial charge in [-0.3, -0.25) is 0 Å². The molecule has 2 amide bonds. The highest BCUT2D eigenvalue weighted by molar-refractivity contribution is 5.74. The third kappa shape index (κ3) is 3.96. The van der Waals surface area contributed by atoms with Crippen LogP contribution < -0.4 is 5.32 Å². The van der Waals surface area contributed by atoms with Crippen LogP contribution in [-0.2, 0) is 16.0 Å². The van der Waals surface area contributed by atoms with Crippen molar-refractivity contribution in [3.63, 3.8) is 0 Å². The number of rotatable bonds is 3. The molecule has 1 unspecified atom stereocenters. The first-order valence-electron chi connectivity index (χ1n) is 9.16. The molecule has 0 aliphatic carbocycles. The molecule has 1 aromatic carbocycles. The van der Waals surface area contributed by atoms with Gasteiger partial charge in [-0.25, -0.2) is 14.2 Å². The fourth-order valence-corrected chi connectivity index (χ4v) is 3.64. The van der Waals surface area contributed by atoms with Crippen LogP contribution in [0.4, 0.5) is 9.18 Å². The van der Waals surface area contributed by atoms with E-state index in [9.17, 15) is 9.18 Å². The highest BCUT2D eigenvalue weighted by atomic mass is 19.1. The van der Waals surface area contributed by atoms with E-state index in [1.807, 2.05) is 0 Å². The second-order valence-electron chi connectivity index (χ2n) is 7.02. The van der Waals surface area contributed by atoms with Crippen molar-refractivity contribution in [1.82, 2.24) is 19.8 Å². The van der Waals surface area contributed by atoms with Crippen LogP contribution in [0.2, 0.25) is 0 Å². The molecule has 2 aromatic rings. The minimum atomic E-state index is -0.383. The van der Waals surface area contributed by atoms with Gasteiger partial charge in [0.05, 0.1) is 31.8 Å². The first-order chi connectivity index (χ1) is 13.2. The molecule has 144 valence electrons. The van der Waals surface area contributed by atoms with Crippen LogP contribution in [-0.4, -0.2) is 59.0 Å². The Bertz CT molecular complexity index is 785. The number of carbonyl (C=O) groups is 1. The van der Waals surface area contributed by atoms with E-state index in [0.29, 0.717) is 37.6 Å². The molecule has 2 aliphatic rings. The van der Waals surface area contributed by atoms with Crippen molar-refractivity contribution in [3.05, 3.63) is 48.3 Å². The Kier molecular flexibility index (Phi) is 5.09. The molecule has 27 heavy (non-hydrogen) atoms. The largest absolute Gasteiger partial charge is 0.378 e. The maximum Gasteiger partial charge on any atom is 0.317 e. The molecule has 1 N–H and O–H groups in total. The highest BCUT2D eigenvalue weighted by Gasteiger charge is 2.40. The number of aromatic nitrogens is 2. The highest BCUT2D eigenvalue weighted by Crippen LogP contribution is 2.27. The molecule has 0 bridgehead atoms. The fraction of sp³-hybridized carbons (Fsp3) is 0.474. The van der Waals surface area contributed by atoms with Gasteiger partial charge in [0, 0.05) is 32.1 Å². The lowest BCUT2D eigenvalue weighted by atomic mass is 9.94. The van der Waals surface area contributed by atoms with Crippen molar-refractivity contribution in [3.8, 4) is 5.69 Å². The lowest BCUT2D eigenvalue weighted by Gasteiger charge is -2.44. The summed E-state index contributed by atoms with van der Waals surface area (Å²) >= 11 is 0. The van der Waals surface area contributed by atoms with Crippen molar-refractivity contribution in [2.75, 3.05) is 32.9 Å². The van der Waals surface area contributed by atoms with Crippen LogP contribution in [0.3, 0.4) is 0 Å².